The lowest BCUT2D eigenvalue weighted by Crippen LogP contribution is -2.18. The minimum Gasteiger partial charge on any atom is -0.366 e. The molecule has 0 fully saturated rings. The Kier molecular flexibility index (Phi) is 4.01. The fourth-order valence-electron chi connectivity index (χ4n) is 2.07. The number of amides is 1. The number of primary amides is 1. The Labute approximate surface area is 115 Å². The molecular weight excluding hydrogens is 262 g/mol. The molecule has 0 spiro atoms. The summed E-state index contributed by atoms with van der Waals surface area (Å²) in [6, 6.07) is 1.96. The van der Waals surface area contributed by atoms with E-state index in [1.807, 2.05) is 19.9 Å². The van der Waals surface area contributed by atoms with E-state index in [9.17, 15) is 4.79 Å². The van der Waals surface area contributed by atoms with Crippen molar-refractivity contribution in [1.29, 1.82) is 0 Å². The number of hydrogen-bond donors (Lipinski definition) is 2. The fraction of sp³-hybridized carbons (Fsp3) is 0.385. The average Bonchev–Trinajstić information content (AvgIpc) is 2.94. The number of nitrogens with two attached hydrogens (primary N) is 1. The molecule has 0 aromatic carbocycles. The predicted molar refractivity (Wildman–Crippen MR) is 74.1 cm³/mol. The second-order valence-electron chi connectivity index (χ2n) is 4.51. The number of carbonyl (C=O) groups is 1. The molecule has 0 saturated carbocycles. The Morgan fingerprint density at radius 2 is 2.32 bits per heavy atom. The maximum atomic E-state index is 11.0. The molecular formula is C13H17N3O2S. The molecule has 2 aromatic heterocycles. The van der Waals surface area contributed by atoms with Crippen molar-refractivity contribution in [3.8, 4) is 0 Å². The number of nitrogens with zero attached hydrogens (tertiary/aromatic N) is 1. The minimum atomic E-state index is -0.388. The molecule has 102 valence electrons. The van der Waals surface area contributed by atoms with Gasteiger partial charge >= 0.3 is 0 Å². The van der Waals surface area contributed by atoms with E-state index in [-0.39, 0.29) is 11.9 Å². The molecule has 1 unspecified atom stereocenters. The van der Waals surface area contributed by atoms with E-state index in [4.69, 9.17) is 10.3 Å². The Morgan fingerprint density at radius 3 is 2.84 bits per heavy atom. The summed E-state index contributed by atoms with van der Waals surface area (Å²) in [5.41, 5.74) is 7.78. The minimum absolute atomic E-state index is 0.144. The molecule has 3 N–H and O–H groups in total. The molecule has 2 heterocycles. The number of nitrogens with one attached hydrogen (secondary N) is 1. The second-order valence-corrected chi connectivity index (χ2v) is 5.50. The number of thiophene rings is 1. The van der Waals surface area contributed by atoms with E-state index in [2.05, 4.69) is 17.4 Å². The van der Waals surface area contributed by atoms with Gasteiger partial charge in [-0.2, -0.15) is 0 Å². The van der Waals surface area contributed by atoms with Gasteiger partial charge in [-0.3, -0.25) is 4.79 Å². The maximum absolute atomic E-state index is 11.0. The summed E-state index contributed by atoms with van der Waals surface area (Å²) < 4.78 is 5.16. The third kappa shape index (κ3) is 3.02. The number of carbonyl (C=O) groups excluding carboxylic acids is 1. The molecule has 0 aliphatic carbocycles. The Bertz CT molecular complexity index is 569. The van der Waals surface area contributed by atoms with E-state index in [1.54, 1.807) is 5.38 Å². The lowest BCUT2D eigenvalue weighted by Gasteiger charge is -2.12. The first-order valence-corrected chi connectivity index (χ1v) is 6.90. The highest BCUT2D eigenvalue weighted by Crippen LogP contribution is 2.22. The van der Waals surface area contributed by atoms with Gasteiger partial charge in [-0.1, -0.05) is 5.16 Å². The van der Waals surface area contributed by atoms with Crippen LogP contribution >= 0.6 is 11.3 Å². The topological polar surface area (TPSA) is 81.2 Å². The second kappa shape index (κ2) is 5.54. The van der Waals surface area contributed by atoms with Gasteiger partial charge in [0.15, 0.2) is 0 Å². The first kappa shape index (κ1) is 13.8. The molecule has 1 atom stereocenters. The largest absolute Gasteiger partial charge is 0.366 e. The zero-order valence-corrected chi connectivity index (χ0v) is 12.0. The summed E-state index contributed by atoms with van der Waals surface area (Å²) in [5.74, 6) is 0.447. The van der Waals surface area contributed by atoms with E-state index < -0.39 is 0 Å². The molecule has 6 heteroatoms. The van der Waals surface area contributed by atoms with Crippen LogP contribution < -0.4 is 11.1 Å². The van der Waals surface area contributed by atoms with Crippen LogP contribution in [0.2, 0.25) is 0 Å². The lowest BCUT2D eigenvalue weighted by atomic mass is 10.1. The summed E-state index contributed by atoms with van der Waals surface area (Å²) in [5, 5.41) is 9.12. The summed E-state index contributed by atoms with van der Waals surface area (Å²) in [7, 11) is 0. The Balaban J connectivity index is 2.00. The Hall–Kier alpha value is -1.66. The molecule has 2 rings (SSSR count). The van der Waals surface area contributed by atoms with Crippen molar-refractivity contribution in [3.63, 3.8) is 0 Å². The van der Waals surface area contributed by atoms with Gasteiger partial charge in [-0.05, 0) is 26.8 Å². The third-order valence-corrected chi connectivity index (χ3v) is 3.98. The lowest BCUT2D eigenvalue weighted by molar-refractivity contribution is 0.100. The number of aryl methyl sites for hydroxylation is 2. The van der Waals surface area contributed by atoms with Crippen LogP contribution in [0.1, 0.15) is 45.2 Å². The van der Waals surface area contributed by atoms with Gasteiger partial charge < -0.3 is 15.6 Å². The Morgan fingerprint density at radius 1 is 1.58 bits per heavy atom. The summed E-state index contributed by atoms with van der Waals surface area (Å²) in [6.45, 7) is 6.59. The summed E-state index contributed by atoms with van der Waals surface area (Å²) in [6.07, 6.45) is 0. The number of rotatable bonds is 5. The molecule has 0 aliphatic rings. The van der Waals surface area contributed by atoms with Crippen molar-refractivity contribution in [2.24, 2.45) is 5.73 Å². The van der Waals surface area contributed by atoms with E-state index in [0.717, 1.165) is 21.9 Å². The van der Waals surface area contributed by atoms with Gasteiger partial charge in [0.1, 0.15) is 5.76 Å². The zero-order valence-electron chi connectivity index (χ0n) is 11.2. The van der Waals surface area contributed by atoms with Gasteiger partial charge in [0, 0.05) is 28.4 Å². The first-order valence-electron chi connectivity index (χ1n) is 6.02. The SMILES string of the molecule is Cc1noc(C)c1C(C)NCc1cc(C(N)=O)cs1. The van der Waals surface area contributed by atoms with Crippen LogP contribution in [-0.2, 0) is 6.54 Å². The van der Waals surface area contributed by atoms with E-state index >= 15 is 0 Å². The standard InChI is InChI=1S/C13H17N3O2S/c1-7(12-8(2)16-18-9(12)3)15-5-11-4-10(6-19-11)13(14)17/h4,6-7,15H,5H2,1-3H3,(H2,14,17). The quantitative estimate of drug-likeness (QED) is 0.880. The molecule has 19 heavy (non-hydrogen) atoms. The molecule has 1 amide bonds. The molecule has 0 saturated heterocycles. The van der Waals surface area contributed by atoms with Crippen molar-refractivity contribution in [3.05, 3.63) is 38.9 Å². The van der Waals surface area contributed by atoms with Crippen LogP contribution in [0.15, 0.2) is 16.0 Å². The number of hydrogen-bond acceptors (Lipinski definition) is 5. The fourth-order valence-corrected chi connectivity index (χ4v) is 2.89. The van der Waals surface area contributed by atoms with Crippen LogP contribution in [0.4, 0.5) is 0 Å². The number of aromatic nitrogens is 1. The van der Waals surface area contributed by atoms with Crippen LogP contribution in [-0.4, -0.2) is 11.1 Å². The molecule has 0 bridgehead atoms. The van der Waals surface area contributed by atoms with E-state index in [1.165, 1.54) is 11.3 Å². The summed E-state index contributed by atoms with van der Waals surface area (Å²) >= 11 is 1.52. The normalized spacial score (nSPS) is 12.6. The van der Waals surface area contributed by atoms with Gasteiger partial charge in [-0.25, -0.2) is 0 Å². The summed E-state index contributed by atoms with van der Waals surface area (Å²) in [4.78, 5) is 12.1. The van der Waals surface area contributed by atoms with Crippen LogP contribution in [0, 0.1) is 13.8 Å². The molecule has 0 radical (unpaired) electrons. The zero-order chi connectivity index (χ0) is 14.0. The smallest absolute Gasteiger partial charge is 0.249 e. The van der Waals surface area contributed by atoms with Crippen LogP contribution in [0.25, 0.3) is 0 Å². The molecule has 0 aliphatic heterocycles. The highest BCUT2D eigenvalue weighted by molar-refractivity contribution is 7.10. The predicted octanol–water partition coefficient (Wildman–Crippen LogP) is 2.30. The molecule has 5 nitrogen and oxygen atoms in total. The van der Waals surface area contributed by atoms with Gasteiger partial charge in [0.2, 0.25) is 5.91 Å². The van der Waals surface area contributed by atoms with Crippen molar-refractivity contribution >= 4 is 17.2 Å². The maximum Gasteiger partial charge on any atom is 0.249 e. The average molecular weight is 279 g/mol. The monoisotopic (exact) mass is 279 g/mol. The third-order valence-electron chi connectivity index (χ3n) is 3.04. The van der Waals surface area contributed by atoms with Gasteiger partial charge in [-0.15, -0.1) is 11.3 Å². The van der Waals surface area contributed by atoms with Gasteiger partial charge in [0.05, 0.1) is 11.3 Å². The van der Waals surface area contributed by atoms with Crippen molar-refractivity contribution in [1.82, 2.24) is 10.5 Å². The van der Waals surface area contributed by atoms with Crippen molar-refractivity contribution in [2.75, 3.05) is 0 Å². The van der Waals surface area contributed by atoms with Crippen LogP contribution in [0.3, 0.4) is 0 Å². The van der Waals surface area contributed by atoms with Crippen LogP contribution in [0.5, 0.6) is 0 Å². The highest BCUT2D eigenvalue weighted by Gasteiger charge is 2.16. The first-order chi connectivity index (χ1) is 8.99. The van der Waals surface area contributed by atoms with Crippen molar-refractivity contribution < 1.29 is 9.32 Å². The van der Waals surface area contributed by atoms with Gasteiger partial charge in [0.25, 0.3) is 0 Å². The molecule has 2 aromatic rings. The van der Waals surface area contributed by atoms with E-state index in [0.29, 0.717) is 12.1 Å². The van der Waals surface area contributed by atoms with Crippen molar-refractivity contribution in [2.45, 2.75) is 33.4 Å². The highest BCUT2D eigenvalue weighted by atomic mass is 32.1.